The Morgan fingerprint density at radius 3 is 2.54 bits per heavy atom. The molecular weight excluding hydrogens is 450 g/mol. The van der Waals surface area contributed by atoms with E-state index in [1.165, 1.54) is 12.1 Å². The molecule has 1 aromatic heterocycles. The van der Waals surface area contributed by atoms with E-state index >= 15 is 0 Å². The number of piperazine rings is 1. The zero-order chi connectivity index (χ0) is 24.8. The number of carbonyl (C=O) groups is 1. The van der Waals surface area contributed by atoms with E-state index in [0.717, 1.165) is 11.1 Å². The minimum absolute atomic E-state index is 0.00620. The highest BCUT2D eigenvalue weighted by Gasteiger charge is 2.26. The Labute approximate surface area is 201 Å². The molecule has 0 radical (unpaired) electrons. The van der Waals surface area contributed by atoms with Gasteiger partial charge in [0.1, 0.15) is 11.8 Å². The topological polar surface area (TPSA) is 126 Å². The molecule has 3 aromatic rings. The molecule has 35 heavy (non-hydrogen) atoms. The monoisotopic (exact) mass is 473 g/mol. The van der Waals surface area contributed by atoms with Gasteiger partial charge in [-0.15, -0.1) is 0 Å². The van der Waals surface area contributed by atoms with Crippen molar-refractivity contribution in [3.8, 4) is 11.8 Å². The number of oxazole rings is 1. The number of carbonyl (C=O) groups excluding carboxylic acids is 1. The number of hydrogen-bond acceptors (Lipinski definition) is 8. The maximum Gasteiger partial charge on any atom is 0.269 e. The minimum atomic E-state index is -0.461. The van der Waals surface area contributed by atoms with E-state index in [2.05, 4.69) is 11.1 Å². The minimum Gasteiger partial charge on any atom is -0.484 e. The van der Waals surface area contributed by atoms with Crippen molar-refractivity contribution in [3.63, 3.8) is 0 Å². The third-order valence-electron chi connectivity index (χ3n) is 5.62. The van der Waals surface area contributed by atoms with Gasteiger partial charge in [0, 0.05) is 44.4 Å². The van der Waals surface area contributed by atoms with Crippen LogP contribution >= 0.6 is 0 Å². The van der Waals surface area contributed by atoms with E-state index in [-0.39, 0.29) is 29.8 Å². The first-order valence-electron chi connectivity index (χ1n) is 11.0. The lowest BCUT2D eigenvalue weighted by Crippen LogP contribution is -2.50. The molecule has 2 aromatic carbocycles. The molecule has 10 nitrogen and oxygen atoms in total. The molecule has 1 aliphatic rings. The van der Waals surface area contributed by atoms with E-state index in [0.29, 0.717) is 37.8 Å². The smallest absolute Gasteiger partial charge is 0.269 e. The zero-order valence-electron chi connectivity index (χ0n) is 19.1. The number of non-ortho nitro benzene ring substituents is 1. The first kappa shape index (κ1) is 23.5. The van der Waals surface area contributed by atoms with Crippen molar-refractivity contribution in [1.29, 1.82) is 5.26 Å². The molecule has 1 saturated heterocycles. The second-order valence-corrected chi connectivity index (χ2v) is 7.92. The van der Waals surface area contributed by atoms with Gasteiger partial charge in [0.25, 0.3) is 11.6 Å². The lowest BCUT2D eigenvalue weighted by molar-refractivity contribution is -0.384. The van der Waals surface area contributed by atoms with E-state index in [1.807, 2.05) is 36.1 Å². The summed E-state index contributed by atoms with van der Waals surface area (Å²) < 4.78 is 11.5. The Bertz CT molecular complexity index is 1280. The number of anilines is 1. The number of aryl methyl sites for hydroxylation is 1. The van der Waals surface area contributed by atoms with Crippen LogP contribution in [-0.4, -0.2) is 53.5 Å². The summed E-state index contributed by atoms with van der Waals surface area (Å²) in [5, 5.41) is 20.3. The number of amides is 1. The normalized spacial score (nSPS) is 13.6. The van der Waals surface area contributed by atoms with Crippen LogP contribution in [0.1, 0.15) is 22.7 Å². The van der Waals surface area contributed by atoms with Gasteiger partial charge in [-0.3, -0.25) is 14.9 Å². The maximum absolute atomic E-state index is 12.6. The number of hydrogen-bond donors (Lipinski definition) is 0. The Morgan fingerprint density at radius 2 is 1.89 bits per heavy atom. The average Bonchev–Trinajstić information content (AvgIpc) is 3.30. The molecular formula is C25H23N5O5. The molecule has 0 atom stereocenters. The van der Waals surface area contributed by atoms with E-state index in [1.54, 1.807) is 29.2 Å². The summed E-state index contributed by atoms with van der Waals surface area (Å²) in [6.45, 7) is 3.81. The number of rotatable bonds is 7. The molecule has 10 heteroatoms. The quantitative estimate of drug-likeness (QED) is 0.376. The van der Waals surface area contributed by atoms with E-state index in [4.69, 9.17) is 9.15 Å². The van der Waals surface area contributed by atoms with Crippen LogP contribution in [-0.2, 0) is 4.79 Å². The van der Waals surface area contributed by atoms with Gasteiger partial charge in [0.15, 0.2) is 6.61 Å². The number of aromatic nitrogens is 1. The van der Waals surface area contributed by atoms with Crippen molar-refractivity contribution in [2.75, 3.05) is 37.7 Å². The third-order valence-corrected chi connectivity index (χ3v) is 5.62. The maximum atomic E-state index is 12.6. The molecule has 0 saturated carbocycles. The Morgan fingerprint density at radius 1 is 1.17 bits per heavy atom. The molecule has 1 amide bonds. The lowest BCUT2D eigenvalue weighted by atomic mass is 10.2. The van der Waals surface area contributed by atoms with Crippen molar-refractivity contribution < 1.29 is 18.9 Å². The van der Waals surface area contributed by atoms with Crippen molar-refractivity contribution >= 4 is 29.6 Å². The zero-order valence-corrected chi connectivity index (χ0v) is 19.1. The van der Waals surface area contributed by atoms with Gasteiger partial charge in [-0.1, -0.05) is 18.2 Å². The summed E-state index contributed by atoms with van der Waals surface area (Å²) >= 11 is 0. The summed E-state index contributed by atoms with van der Waals surface area (Å²) in [6, 6.07) is 15.6. The summed E-state index contributed by atoms with van der Waals surface area (Å²) in [7, 11) is 0. The summed E-state index contributed by atoms with van der Waals surface area (Å²) in [5.41, 5.74) is 1.87. The van der Waals surface area contributed by atoms with Gasteiger partial charge in [-0.2, -0.15) is 10.2 Å². The van der Waals surface area contributed by atoms with Crippen molar-refractivity contribution in [3.05, 3.63) is 81.4 Å². The van der Waals surface area contributed by atoms with Gasteiger partial charge < -0.3 is 19.0 Å². The van der Waals surface area contributed by atoms with Crippen LogP contribution in [0, 0.1) is 28.4 Å². The fourth-order valence-corrected chi connectivity index (χ4v) is 3.67. The van der Waals surface area contributed by atoms with Gasteiger partial charge in [0.05, 0.1) is 4.92 Å². The van der Waals surface area contributed by atoms with Gasteiger partial charge in [-0.05, 0) is 42.3 Å². The van der Waals surface area contributed by atoms with Crippen LogP contribution in [0.3, 0.4) is 0 Å². The lowest BCUT2D eigenvalue weighted by Gasteiger charge is -2.34. The van der Waals surface area contributed by atoms with Crippen molar-refractivity contribution in [2.45, 2.75) is 6.92 Å². The van der Waals surface area contributed by atoms with Crippen LogP contribution in [0.2, 0.25) is 0 Å². The van der Waals surface area contributed by atoms with Crippen LogP contribution in [0.25, 0.3) is 12.2 Å². The molecule has 4 rings (SSSR count). The summed E-state index contributed by atoms with van der Waals surface area (Å²) in [6.07, 6.45) is 3.31. The highest BCUT2D eigenvalue weighted by Crippen LogP contribution is 2.25. The number of benzene rings is 2. The SMILES string of the molecule is Cc1ccccc1OCC(=O)N1CCN(c2oc(/C=C/c3ccc([N+](=O)[O-])cc3)nc2C#N)CC1. The second-order valence-electron chi connectivity index (χ2n) is 7.92. The number of nitro benzene ring substituents is 1. The fraction of sp³-hybridized carbons (Fsp3) is 0.240. The van der Waals surface area contributed by atoms with Crippen molar-refractivity contribution in [1.82, 2.24) is 9.88 Å². The summed E-state index contributed by atoms with van der Waals surface area (Å²) in [5.74, 6) is 1.20. The molecule has 1 aliphatic heterocycles. The number of nitriles is 1. The molecule has 0 bridgehead atoms. The average molecular weight is 473 g/mol. The molecule has 0 spiro atoms. The highest BCUT2D eigenvalue weighted by molar-refractivity contribution is 5.78. The van der Waals surface area contributed by atoms with E-state index < -0.39 is 4.92 Å². The predicted octanol–water partition coefficient (Wildman–Crippen LogP) is 3.66. The predicted molar refractivity (Wildman–Crippen MR) is 129 cm³/mol. The first-order valence-corrected chi connectivity index (χ1v) is 11.0. The fourth-order valence-electron chi connectivity index (χ4n) is 3.67. The van der Waals surface area contributed by atoms with Crippen molar-refractivity contribution in [2.24, 2.45) is 0 Å². The molecule has 178 valence electrons. The Kier molecular flexibility index (Phi) is 7.07. The number of para-hydroxylation sites is 1. The molecule has 2 heterocycles. The van der Waals surface area contributed by atoms with E-state index in [9.17, 15) is 20.2 Å². The Balaban J connectivity index is 1.35. The second kappa shape index (κ2) is 10.5. The number of ether oxygens (including phenoxy) is 1. The molecule has 0 aliphatic carbocycles. The van der Waals surface area contributed by atoms with Gasteiger partial charge in [0.2, 0.25) is 17.5 Å². The highest BCUT2D eigenvalue weighted by atomic mass is 16.6. The summed E-state index contributed by atoms with van der Waals surface area (Å²) in [4.78, 5) is 30.7. The Hall–Kier alpha value is -4.65. The standard InChI is InChI=1S/C25H23N5O5/c1-18-4-2-3-5-22(18)34-17-24(31)28-12-14-29(15-13-28)25-21(16-26)27-23(35-25)11-8-19-6-9-20(10-7-19)30(32)33/h2-11H,12-15,17H2,1H3/b11-8+. The molecule has 1 fully saturated rings. The van der Waals surface area contributed by atoms with Crippen LogP contribution in [0.4, 0.5) is 11.6 Å². The van der Waals surface area contributed by atoms with Crippen LogP contribution in [0.15, 0.2) is 52.9 Å². The van der Waals surface area contributed by atoms with Crippen LogP contribution < -0.4 is 9.64 Å². The molecule has 0 N–H and O–H groups in total. The largest absolute Gasteiger partial charge is 0.484 e. The first-order chi connectivity index (χ1) is 16.9. The van der Waals surface area contributed by atoms with Gasteiger partial charge >= 0.3 is 0 Å². The molecule has 0 unspecified atom stereocenters. The number of nitro groups is 1. The van der Waals surface area contributed by atoms with Crippen LogP contribution in [0.5, 0.6) is 5.75 Å². The third kappa shape index (κ3) is 5.65. The number of nitrogens with zero attached hydrogens (tertiary/aromatic N) is 5. The van der Waals surface area contributed by atoms with Gasteiger partial charge in [-0.25, -0.2) is 0 Å².